The van der Waals surface area contributed by atoms with Crippen LogP contribution >= 0.6 is 11.6 Å². The van der Waals surface area contributed by atoms with Gasteiger partial charge >= 0.3 is 0 Å². The van der Waals surface area contributed by atoms with Gasteiger partial charge in [0.05, 0.1) is 29.1 Å². The summed E-state index contributed by atoms with van der Waals surface area (Å²) in [6.07, 6.45) is 1.73. The van der Waals surface area contributed by atoms with E-state index in [9.17, 15) is 0 Å². The van der Waals surface area contributed by atoms with Gasteiger partial charge in [-0.15, -0.1) is 0 Å². The van der Waals surface area contributed by atoms with Crippen LogP contribution in [0.25, 0.3) is 0 Å². The van der Waals surface area contributed by atoms with Crippen molar-refractivity contribution in [3.63, 3.8) is 0 Å². The van der Waals surface area contributed by atoms with Crippen molar-refractivity contribution >= 4 is 11.6 Å². The Hall–Kier alpha value is -0.580. The molecule has 2 atom stereocenters. The molecule has 0 aliphatic rings. The summed E-state index contributed by atoms with van der Waals surface area (Å²) in [4.78, 5) is 0. The molecule has 1 heterocycles. The Balaban J connectivity index is 3.29. The predicted octanol–water partition coefficient (Wildman–Crippen LogP) is 3.83. The normalized spacial score (nSPS) is 15.7. The Bertz CT molecular complexity index is 423. The number of nitrogens with one attached hydrogen (secondary N) is 1. The minimum absolute atomic E-state index is 0.00298. The maximum Gasteiger partial charge on any atom is 0.0835 e. The number of hydrogen-bond donors (Lipinski definition) is 1. The van der Waals surface area contributed by atoms with Crippen LogP contribution in [0.3, 0.4) is 0 Å². The van der Waals surface area contributed by atoms with Gasteiger partial charge in [-0.2, -0.15) is 5.10 Å². The van der Waals surface area contributed by atoms with Crippen molar-refractivity contribution < 1.29 is 4.74 Å². The van der Waals surface area contributed by atoms with E-state index in [1.807, 2.05) is 4.68 Å². The molecule has 0 spiro atoms. The van der Waals surface area contributed by atoms with Crippen LogP contribution in [-0.2, 0) is 4.74 Å². The number of ether oxygens (including phenoxy) is 1. The number of aromatic nitrogens is 2. The largest absolute Gasteiger partial charge is 0.379 e. The summed E-state index contributed by atoms with van der Waals surface area (Å²) < 4.78 is 7.76. The summed E-state index contributed by atoms with van der Waals surface area (Å²) in [6, 6.07) is 0.276. The molecular weight excluding hydrogens is 274 g/mol. The van der Waals surface area contributed by atoms with Crippen molar-refractivity contribution in [1.82, 2.24) is 15.1 Å². The highest BCUT2D eigenvalue weighted by molar-refractivity contribution is 6.31. The maximum absolute atomic E-state index is 6.39. The highest BCUT2D eigenvalue weighted by Gasteiger charge is 2.36. The molecule has 116 valence electrons. The van der Waals surface area contributed by atoms with Crippen LogP contribution in [0.1, 0.15) is 59.3 Å². The number of hydrogen-bond acceptors (Lipinski definition) is 3. The van der Waals surface area contributed by atoms with Gasteiger partial charge < -0.3 is 10.1 Å². The zero-order valence-corrected chi connectivity index (χ0v) is 14.5. The standard InChI is InChI=1S/C15H28ClN3O/c1-8-17-12(14(20-7)15(4,5)6)13-11(16)9-18-19(13)10(2)3/h9-10,12,14,17H,8H2,1-7H3. The molecule has 1 aromatic heterocycles. The van der Waals surface area contributed by atoms with Gasteiger partial charge in [-0.25, -0.2) is 0 Å². The van der Waals surface area contributed by atoms with Crippen LogP contribution in [0.5, 0.6) is 0 Å². The summed E-state index contributed by atoms with van der Waals surface area (Å²) in [5.41, 5.74) is 1.00. The smallest absolute Gasteiger partial charge is 0.0835 e. The molecule has 4 nitrogen and oxygen atoms in total. The van der Waals surface area contributed by atoms with Gasteiger partial charge in [0.2, 0.25) is 0 Å². The predicted molar refractivity (Wildman–Crippen MR) is 84.3 cm³/mol. The molecule has 0 amide bonds. The second-order valence-electron chi connectivity index (χ2n) is 6.47. The van der Waals surface area contributed by atoms with E-state index in [1.54, 1.807) is 13.3 Å². The Morgan fingerprint density at radius 3 is 2.40 bits per heavy atom. The first kappa shape index (κ1) is 17.5. The van der Waals surface area contributed by atoms with Crippen LogP contribution in [-0.4, -0.2) is 29.5 Å². The van der Waals surface area contributed by atoms with Gasteiger partial charge in [-0.05, 0) is 25.8 Å². The van der Waals surface area contributed by atoms with Crippen molar-refractivity contribution in [2.24, 2.45) is 5.41 Å². The lowest BCUT2D eigenvalue weighted by Gasteiger charge is -2.37. The van der Waals surface area contributed by atoms with E-state index >= 15 is 0 Å². The Labute approximate surface area is 127 Å². The SMILES string of the molecule is CCNC(c1c(Cl)cnn1C(C)C)C(OC)C(C)(C)C. The fourth-order valence-electron chi connectivity index (χ4n) is 2.61. The topological polar surface area (TPSA) is 39.1 Å². The zero-order valence-electron chi connectivity index (χ0n) is 13.7. The van der Waals surface area contributed by atoms with Crippen molar-refractivity contribution in [1.29, 1.82) is 0 Å². The third kappa shape index (κ3) is 3.74. The summed E-state index contributed by atoms with van der Waals surface area (Å²) in [7, 11) is 1.75. The lowest BCUT2D eigenvalue weighted by atomic mass is 9.83. The van der Waals surface area contributed by atoms with E-state index < -0.39 is 0 Å². The Morgan fingerprint density at radius 1 is 1.40 bits per heavy atom. The molecule has 1 aromatic rings. The van der Waals surface area contributed by atoms with Crippen LogP contribution in [0.2, 0.25) is 5.02 Å². The molecule has 20 heavy (non-hydrogen) atoms. The number of halogens is 1. The van der Waals surface area contributed by atoms with Crippen LogP contribution in [0.4, 0.5) is 0 Å². The van der Waals surface area contributed by atoms with Gasteiger partial charge in [0.1, 0.15) is 0 Å². The molecule has 5 heteroatoms. The van der Waals surface area contributed by atoms with Gasteiger partial charge in [0.25, 0.3) is 0 Å². The molecule has 0 aromatic carbocycles. The summed E-state index contributed by atoms with van der Waals surface area (Å²) in [5, 5.41) is 8.61. The molecule has 0 fully saturated rings. The van der Waals surface area contributed by atoms with E-state index in [0.717, 1.165) is 12.2 Å². The molecule has 0 bridgehead atoms. The van der Waals surface area contributed by atoms with Crippen LogP contribution in [0, 0.1) is 5.41 Å². The first-order valence-electron chi connectivity index (χ1n) is 7.23. The van der Waals surface area contributed by atoms with Crippen LogP contribution in [0.15, 0.2) is 6.20 Å². The molecule has 0 radical (unpaired) electrons. The fourth-order valence-corrected chi connectivity index (χ4v) is 2.86. The van der Waals surface area contributed by atoms with Crippen molar-refractivity contribution in [3.8, 4) is 0 Å². The maximum atomic E-state index is 6.39. The van der Waals surface area contributed by atoms with E-state index in [-0.39, 0.29) is 23.6 Å². The molecule has 2 unspecified atom stereocenters. The summed E-state index contributed by atoms with van der Waals surface area (Å²) >= 11 is 6.39. The van der Waals surface area contributed by atoms with Gasteiger partial charge in [0.15, 0.2) is 0 Å². The van der Waals surface area contributed by atoms with Gasteiger partial charge in [0, 0.05) is 13.2 Å². The highest BCUT2D eigenvalue weighted by Crippen LogP contribution is 2.36. The van der Waals surface area contributed by atoms with Crippen molar-refractivity contribution in [3.05, 3.63) is 16.9 Å². The monoisotopic (exact) mass is 301 g/mol. The Morgan fingerprint density at radius 2 is 2.00 bits per heavy atom. The summed E-state index contributed by atoms with van der Waals surface area (Å²) in [5.74, 6) is 0. The minimum Gasteiger partial charge on any atom is -0.379 e. The molecule has 0 aliphatic carbocycles. The number of likely N-dealkylation sites (N-methyl/N-ethyl adjacent to an activating group) is 1. The first-order chi connectivity index (χ1) is 9.23. The Kier molecular flexibility index (Phi) is 6.05. The molecule has 1 rings (SSSR count). The molecule has 0 saturated carbocycles. The minimum atomic E-state index is -0.00298. The third-order valence-electron chi connectivity index (χ3n) is 3.40. The van der Waals surface area contributed by atoms with Gasteiger partial charge in [-0.3, -0.25) is 4.68 Å². The lowest BCUT2D eigenvalue weighted by molar-refractivity contribution is -0.0138. The quantitative estimate of drug-likeness (QED) is 0.868. The first-order valence-corrected chi connectivity index (χ1v) is 7.60. The van der Waals surface area contributed by atoms with Crippen molar-refractivity contribution in [2.75, 3.05) is 13.7 Å². The molecule has 0 saturated heterocycles. The van der Waals surface area contributed by atoms with Crippen LogP contribution < -0.4 is 5.32 Å². The lowest BCUT2D eigenvalue weighted by Crippen LogP contribution is -2.42. The van der Waals surface area contributed by atoms with Gasteiger partial charge in [-0.1, -0.05) is 39.3 Å². The molecule has 1 N–H and O–H groups in total. The highest BCUT2D eigenvalue weighted by atomic mass is 35.5. The molecule has 0 aliphatic heterocycles. The second kappa shape index (κ2) is 6.92. The second-order valence-corrected chi connectivity index (χ2v) is 6.88. The third-order valence-corrected chi connectivity index (χ3v) is 3.70. The summed E-state index contributed by atoms with van der Waals surface area (Å²) in [6.45, 7) is 13.7. The van der Waals surface area contributed by atoms with E-state index in [1.165, 1.54) is 0 Å². The average molecular weight is 302 g/mol. The van der Waals surface area contributed by atoms with E-state index in [0.29, 0.717) is 5.02 Å². The number of rotatable bonds is 6. The fraction of sp³-hybridized carbons (Fsp3) is 0.800. The number of nitrogens with zero attached hydrogens (tertiary/aromatic N) is 2. The average Bonchev–Trinajstić information content (AvgIpc) is 2.69. The van der Waals surface area contributed by atoms with E-state index in [4.69, 9.17) is 16.3 Å². The number of methoxy groups -OCH3 is 1. The molecular formula is C15H28ClN3O. The zero-order chi connectivity index (χ0) is 15.5. The van der Waals surface area contributed by atoms with Crippen molar-refractivity contribution in [2.45, 2.75) is 59.7 Å². The van der Waals surface area contributed by atoms with E-state index in [2.05, 4.69) is 52.0 Å².